The molecule has 0 spiro atoms. The SMILES string of the molecule is Cc1nc(NC(=O)Cc2cccc(F)c2)ccc1Br. The molecular formula is C14H12BrFN2O. The fourth-order valence-electron chi connectivity index (χ4n) is 1.63. The van der Waals surface area contributed by atoms with E-state index in [9.17, 15) is 9.18 Å². The van der Waals surface area contributed by atoms with Crippen LogP contribution in [0.2, 0.25) is 0 Å². The van der Waals surface area contributed by atoms with Crippen molar-refractivity contribution in [3.63, 3.8) is 0 Å². The van der Waals surface area contributed by atoms with Crippen molar-refractivity contribution in [3.05, 3.63) is 57.9 Å². The lowest BCUT2D eigenvalue weighted by atomic mass is 10.1. The average Bonchev–Trinajstić information content (AvgIpc) is 2.34. The normalized spacial score (nSPS) is 10.3. The Morgan fingerprint density at radius 1 is 1.37 bits per heavy atom. The van der Waals surface area contributed by atoms with E-state index in [1.54, 1.807) is 18.2 Å². The molecule has 2 rings (SSSR count). The maximum Gasteiger partial charge on any atom is 0.229 e. The molecule has 1 heterocycles. The fourth-order valence-corrected chi connectivity index (χ4v) is 1.85. The Morgan fingerprint density at radius 3 is 2.84 bits per heavy atom. The van der Waals surface area contributed by atoms with Crippen LogP contribution in [0.3, 0.4) is 0 Å². The molecule has 0 saturated carbocycles. The average molecular weight is 323 g/mol. The van der Waals surface area contributed by atoms with Crippen molar-refractivity contribution in [2.75, 3.05) is 5.32 Å². The van der Waals surface area contributed by atoms with Crippen LogP contribution in [0.1, 0.15) is 11.3 Å². The molecule has 0 aliphatic rings. The summed E-state index contributed by atoms with van der Waals surface area (Å²) in [5.74, 6) is -0.0789. The van der Waals surface area contributed by atoms with Crippen LogP contribution >= 0.6 is 15.9 Å². The van der Waals surface area contributed by atoms with E-state index >= 15 is 0 Å². The van der Waals surface area contributed by atoms with Gasteiger partial charge >= 0.3 is 0 Å². The second-order valence-corrected chi connectivity index (χ2v) is 4.97. The number of rotatable bonds is 3. The number of nitrogens with one attached hydrogen (secondary N) is 1. The molecule has 3 nitrogen and oxygen atoms in total. The van der Waals surface area contributed by atoms with E-state index in [1.165, 1.54) is 12.1 Å². The standard InChI is InChI=1S/C14H12BrFN2O/c1-9-12(15)5-6-13(17-9)18-14(19)8-10-3-2-4-11(16)7-10/h2-7H,8H2,1H3,(H,17,18,19). The van der Waals surface area contributed by atoms with Gasteiger partial charge in [-0.3, -0.25) is 4.79 Å². The van der Waals surface area contributed by atoms with E-state index in [0.29, 0.717) is 11.4 Å². The summed E-state index contributed by atoms with van der Waals surface area (Å²) in [6, 6.07) is 9.52. The number of halogens is 2. The zero-order valence-electron chi connectivity index (χ0n) is 10.3. The van der Waals surface area contributed by atoms with Gasteiger partial charge in [-0.15, -0.1) is 0 Å². The van der Waals surface area contributed by atoms with Gasteiger partial charge in [0.2, 0.25) is 5.91 Å². The summed E-state index contributed by atoms with van der Waals surface area (Å²) in [7, 11) is 0. The molecule has 0 radical (unpaired) electrons. The van der Waals surface area contributed by atoms with Gasteiger partial charge in [-0.2, -0.15) is 0 Å². The Balaban J connectivity index is 2.03. The first kappa shape index (κ1) is 13.7. The Kier molecular flexibility index (Phi) is 4.27. The first-order valence-corrected chi connectivity index (χ1v) is 6.51. The molecule has 19 heavy (non-hydrogen) atoms. The van der Waals surface area contributed by atoms with Gasteiger partial charge in [-0.25, -0.2) is 9.37 Å². The van der Waals surface area contributed by atoms with Gasteiger partial charge in [-0.05, 0) is 52.7 Å². The molecule has 0 aliphatic heterocycles. The van der Waals surface area contributed by atoms with Gasteiger partial charge in [0, 0.05) is 4.47 Å². The number of benzene rings is 1. The van der Waals surface area contributed by atoms with Crippen LogP contribution in [0.5, 0.6) is 0 Å². The number of carbonyl (C=O) groups excluding carboxylic acids is 1. The minimum Gasteiger partial charge on any atom is -0.310 e. The van der Waals surface area contributed by atoms with E-state index < -0.39 is 0 Å². The number of amides is 1. The van der Waals surface area contributed by atoms with E-state index in [-0.39, 0.29) is 18.1 Å². The maximum absolute atomic E-state index is 13.0. The Labute approximate surface area is 119 Å². The monoisotopic (exact) mass is 322 g/mol. The smallest absolute Gasteiger partial charge is 0.229 e. The predicted molar refractivity (Wildman–Crippen MR) is 75.4 cm³/mol. The van der Waals surface area contributed by atoms with Crippen molar-refractivity contribution in [2.24, 2.45) is 0 Å². The molecule has 1 amide bonds. The Bertz CT molecular complexity index is 616. The van der Waals surface area contributed by atoms with Gasteiger partial charge in [0.1, 0.15) is 11.6 Å². The second-order valence-electron chi connectivity index (χ2n) is 4.12. The summed E-state index contributed by atoms with van der Waals surface area (Å²) < 4.78 is 13.9. The highest BCUT2D eigenvalue weighted by atomic mass is 79.9. The molecule has 1 aromatic carbocycles. The van der Waals surface area contributed by atoms with E-state index in [4.69, 9.17) is 0 Å². The molecule has 2 aromatic rings. The lowest BCUT2D eigenvalue weighted by Gasteiger charge is -2.06. The number of hydrogen-bond donors (Lipinski definition) is 1. The Morgan fingerprint density at radius 2 is 2.16 bits per heavy atom. The van der Waals surface area contributed by atoms with Crippen LogP contribution in [0.15, 0.2) is 40.9 Å². The highest BCUT2D eigenvalue weighted by molar-refractivity contribution is 9.10. The quantitative estimate of drug-likeness (QED) is 0.940. The van der Waals surface area contributed by atoms with Crippen LogP contribution in [-0.4, -0.2) is 10.9 Å². The minimum atomic E-state index is -0.345. The van der Waals surface area contributed by atoms with Crippen molar-refractivity contribution in [1.82, 2.24) is 4.98 Å². The molecule has 0 bridgehead atoms. The largest absolute Gasteiger partial charge is 0.310 e. The van der Waals surface area contributed by atoms with Gasteiger partial charge in [0.05, 0.1) is 12.1 Å². The van der Waals surface area contributed by atoms with Gasteiger partial charge in [-0.1, -0.05) is 12.1 Å². The Hall–Kier alpha value is -1.75. The molecule has 0 atom stereocenters. The number of aromatic nitrogens is 1. The number of aryl methyl sites for hydroxylation is 1. The van der Waals surface area contributed by atoms with Gasteiger partial charge in [0.25, 0.3) is 0 Å². The summed E-state index contributed by atoms with van der Waals surface area (Å²) in [5.41, 5.74) is 1.43. The van der Waals surface area contributed by atoms with Crippen molar-refractivity contribution >= 4 is 27.7 Å². The van der Waals surface area contributed by atoms with Crippen LogP contribution in [0, 0.1) is 12.7 Å². The van der Waals surface area contributed by atoms with Gasteiger partial charge < -0.3 is 5.32 Å². The molecule has 1 aromatic heterocycles. The van der Waals surface area contributed by atoms with E-state index in [0.717, 1.165) is 10.2 Å². The topological polar surface area (TPSA) is 42.0 Å². The third kappa shape index (κ3) is 3.86. The number of pyridine rings is 1. The molecule has 98 valence electrons. The summed E-state index contributed by atoms with van der Waals surface area (Å²) in [6.07, 6.45) is 0.120. The number of carbonyl (C=O) groups is 1. The number of nitrogens with zero attached hydrogens (tertiary/aromatic N) is 1. The fraction of sp³-hybridized carbons (Fsp3) is 0.143. The molecule has 0 fully saturated rings. The van der Waals surface area contributed by atoms with Crippen LogP contribution in [0.4, 0.5) is 10.2 Å². The highest BCUT2D eigenvalue weighted by Gasteiger charge is 2.06. The van der Waals surface area contributed by atoms with Crippen LogP contribution in [-0.2, 0) is 11.2 Å². The van der Waals surface area contributed by atoms with E-state index in [1.807, 2.05) is 13.0 Å². The van der Waals surface area contributed by atoms with Crippen molar-refractivity contribution in [1.29, 1.82) is 0 Å². The van der Waals surface area contributed by atoms with Crippen molar-refractivity contribution < 1.29 is 9.18 Å². The second kappa shape index (κ2) is 5.93. The molecule has 5 heteroatoms. The minimum absolute atomic E-state index is 0.120. The molecule has 0 saturated heterocycles. The van der Waals surface area contributed by atoms with Crippen molar-refractivity contribution in [3.8, 4) is 0 Å². The summed E-state index contributed by atoms with van der Waals surface area (Å²) in [4.78, 5) is 16.0. The first-order chi connectivity index (χ1) is 9.04. The maximum atomic E-state index is 13.0. The highest BCUT2D eigenvalue weighted by Crippen LogP contribution is 2.16. The molecule has 0 aliphatic carbocycles. The van der Waals surface area contributed by atoms with Crippen LogP contribution in [0.25, 0.3) is 0 Å². The van der Waals surface area contributed by atoms with Crippen molar-refractivity contribution in [2.45, 2.75) is 13.3 Å². The third-order valence-electron chi connectivity index (χ3n) is 2.54. The van der Waals surface area contributed by atoms with Crippen LogP contribution < -0.4 is 5.32 Å². The number of hydrogen-bond acceptors (Lipinski definition) is 2. The lowest BCUT2D eigenvalue weighted by molar-refractivity contribution is -0.115. The molecular weight excluding hydrogens is 311 g/mol. The molecule has 1 N–H and O–H groups in total. The predicted octanol–water partition coefficient (Wildman–Crippen LogP) is 3.47. The van der Waals surface area contributed by atoms with Gasteiger partial charge in [0.15, 0.2) is 0 Å². The van der Waals surface area contributed by atoms with E-state index in [2.05, 4.69) is 26.2 Å². The zero-order valence-corrected chi connectivity index (χ0v) is 11.9. The summed E-state index contributed by atoms with van der Waals surface area (Å²) >= 11 is 3.34. The summed E-state index contributed by atoms with van der Waals surface area (Å²) in [5, 5.41) is 2.68. The zero-order chi connectivity index (χ0) is 13.8. The summed E-state index contributed by atoms with van der Waals surface area (Å²) in [6.45, 7) is 1.84. The lowest BCUT2D eigenvalue weighted by Crippen LogP contribution is -2.15. The number of anilines is 1. The molecule has 0 unspecified atom stereocenters. The first-order valence-electron chi connectivity index (χ1n) is 5.72. The third-order valence-corrected chi connectivity index (χ3v) is 3.38.